The normalized spacial score (nSPS) is 30.4. The highest BCUT2D eigenvalue weighted by molar-refractivity contribution is 5.94. The fourth-order valence-electron chi connectivity index (χ4n) is 4.13. The largest absolute Gasteiger partial charge is 0.352 e. The number of hydrogen-bond donors (Lipinski definition) is 1. The number of hydrogen-bond acceptors (Lipinski definition) is 1. The molecule has 0 aromatic heterocycles. The number of nitrogens with one attached hydrogen (secondary N) is 1. The molecule has 1 aromatic carbocycles. The van der Waals surface area contributed by atoms with Gasteiger partial charge in [-0.3, -0.25) is 4.79 Å². The van der Waals surface area contributed by atoms with Crippen molar-refractivity contribution in [2.24, 2.45) is 23.2 Å². The van der Waals surface area contributed by atoms with Gasteiger partial charge in [-0.1, -0.05) is 13.8 Å². The van der Waals surface area contributed by atoms with Gasteiger partial charge in [-0.15, -0.1) is 0 Å². The van der Waals surface area contributed by atoms with E-state index in [1.54, 1.807) is 0 Å². The quantitative estimate of drug-likeness (QED) is 0.896. The second kappa shape index (κ2) is 4.87. The van der Waals surface area contributed by atoms with Crippen molar-refractivity contribution in [3.05, 3.63) is 35.6 Å². The molecule has 0 radical (unpaired) electrons. The molecule has 3 saturated carbocycles. The minimum Gasteiger partial charge on any atom is -0.352 e. The summed E-state index contributed by atoms with van der Waals surface area (Å²) in [5.74, 6) is 1.83. The molecule has 3 heteroatoms. The molecule has 3 fully saturated rings. The lowest BCUT2D eigenvalue weighted by atomic mass is 9.45. The molecule has 3 aliphatic carbocycles. The second-order valence-corrected chi connectivity index (χ2v) is 6.91. The van der Waals surface area contributed by atoms with Crippen molar-refractivity contribution in [2.75, 3.05) is 6.54 Å². The molecule has 1 aromatic rings. The van der Waals surface area contributed by atoms with E-state index in [9.17, 15) is 9.18 Å². The Morgan fingerprint density at radius 3 is 2.60 bits per heavy atom. The van der Waals surface area contributed by atoms with E-state index >= 15 is 0 Å². The van der Waals surface area contributed by atoms with Crippen LogP contribution in [0.25, 0.3) is 0 Å². The van der Waals surface area contributed by atoms with Crippen LogP contribution < -0.4 is 5.32 Å². The van der Waals surface area contributed by atoms with Crippen LogP contribution in [0.5, 0.6) is 0 Å². The van der Waals surface area contributed by atoms with Crippen LogP contribution in [0.3, 0.4) is 0 Å². The Balaban J connectivity index is 1.57. The Kier molecular flexibility index (Phi) is 3.31. The van der Waals surface area contributed by atoms with Crippen LogP contribution in [-0.2, 0) is 0 Å². The third kappa shape index (κ3) is 2.23. The van der Waals surface area contributed by atoms with E-state index in [-0.39, 0.29) is 11.7 Å². The summed E-state index contributed by atoms with van der Waals surface area (Å²) in [6.45, 7) is 5.47. The van der Waals surface area contributed by atoms with Crippen molar-refractivity contribution in [3.8, 4) is 0 Å². The summed E-state index contributed by atoms with van der Waals surface area (Å²) < 4.78 is 12.8. The van der Waals surface area contributed by atoms with E-state index in [0.717, 1.165) is 18.4 Å². The van der Waals surface area contributed by atoms with E-state index in [1.807, 2.05) is 0 Å². The molecule has 0 heterocycles. The number of halogens is 1. The topological polar surface area (TPSA) is 29.1 Å². The zero-order valence-electron chi connectivity index (χ0n) is 12.2. The highest BCUT2D eigenvalue weighted by Gasteiger charge is 2.53. The molecule has 4 rings (SSSR count). The minimum absolute atomic E-state index is 0.0933. The van der Waals surface area contributed by atoms with Crippen LogP contribution in [0.2, 0.25) is 0 Å². The molecule has 108 valence electrons. The van der Waals surface area contributed by atoms with Crippen LogP contribution in [-0.4, -0.2) is 12.5 Å². The molecular weight excluding hydrogens is 253 g/mol. The van der Waals surface area contributed by atoms with Crippen molar-refractivity contribution < 1.29 is 9.18 Å². The first-order valence-corrected chi connectivity index (χ1v) is 7.52. The fourth-order valence-corrected chi connectivity index (χ4v) is 4.13. The van der Waals surface area contributed by atoms with E-state index in [0.29, 0.717) is 16.9 Å². The lowest BCUT2D eigenvalue weighted by Gasteiger charge is -2.60. The van der Waals surface area contributed by atoms with Crippen LogP contribution in [0, 0.1) is 29.0 Å². The van der Waals surface area contributed by atoms with Gasteiger partial charge in [0.2, 0.25) is 0 Å². The second-order valence-electron chi connectivity index (χ2n) is 6.91. The van der Waals surface area contributed by atoms with Crippen LogP contribution in [0.1, 0.15) is 43.5 Å². The van der Waals surface area contributed by atoms with E-state index in [2.05, 4.69) is 19.2 Å². The Morgan fingerprint density at radius 1 is 1.30 bits per heavy atom. The summed E-state index contributed by atoms with van der Waals surface area (Å²) in [6.07, 6.45) is 3.84. The van der Waals surface area contributed by atoms with Crippen molar-refractivity contribution in [1.82, 2.24) is 5.32 Å². The summed E-state index contributed by atoms with van der Waals surface area (Å²) in [6, 6.07) is 5.73. The molecule has 0 saturated heterocycles. The average Bonchev–Trinajstić information content (AvgIpc) is 2.45. The van der Waals surface area contributed by atoms with Gasteiger partial charge >= 0.3 is 0 Å². The van der Waals surface area contributed by atoms with Crippen molar-refractivity contribution in [2.45, 2.75) is 33.1 Å². The van der Waals surface area contributed by atoms with Crippen LogP contribution in [0.15, 0.2) is 24.3 Å². The number of amides is 1. The van der Waals surface area contributed by atoms with E-state index in [1.165, 1.54) is 43.5 Å². The fraction of sp³-hybridized carbons (Fsp3) is 0.588. The van der Waals surface area contributed by atoms with Crippen molar-refractivity contribution in [3.63, 3.8) is 0 Å². The Morgan fingerprint density at radius 2 is 2.00 bits per heavy atom. The summed E-state index contributed by atoms with van der Waals surface area (Å²) >= 11 is 0. The number of carbonyl (C=O) groups is 1. The van der Waals surface area contributed by atoms with Gasteiger partial charge in [-0.25, -0.2) is 4.39 Å². The molecule has 0 aliphatic heterocycles. The summed E-state index contributed by atoms with van der Waals surface area (Å²) in [4.78, 5) is 12.0. The SMILES string of the molecule is CC1(C)[C@H]2CC[C@@H](CNC(=O)c3ccc(F)cc3)[C@@H]1C2. The molecule has 3 aliphatic rings. The molecule has 1 amide bonds. The van der Waals surface area contributed by atoms with Gasteiger partial charge < -0.3 is 5.32 Å². The maximum Gasteiger partial charge on any atom is 0.251 e. The van der Waals surface area contributed by atoms with Crippen LogP contribution in [0.4, 0.5) is 4.39 Å². The molecule has 0 spiro atoms. The van der Waals surface area contributed by atoms with Gasteiger partial charge in [0.05, 0.1) is 0 Å². The maximum atomic E-state index is 12.8. The molecule has 2 bridgehead atoms. The van der Waals surface area contributed by atoms with Gasteiger partial charge in [-0.05, 0) is 66.7 Å². The highest BCUT2D eigenvalue weighted by atomic mass is 19.1. The van der Waals surface area contributed by atoms with Gasteiger partial charge in [0.15, 0.2) is 0 Å². The predicted octanol–water partition coefficient (Wildman–Crippen LogP) is 3.63. The van der Waals surface area contributed by atoms with Crippen molar-refractivity contribution in [1.29, 1.82) is 0 Å². The summed E-state index contributed by atoms with van der Waals surface area (Å²) in [5.41, 5.74) is 0.983. The Hall–Kier alpha value is -1.38. The number of fused-ring (bicyclic) bond motifs is 2. The highest BCUT2D eigenvalue weighted by Crippen LogP contribution is 2.61. The first-order valence-electron chi connectivity index (χ1n) is 7.52. The molecule has 1 N–H and O–H groups in total. The third-order valence-corrected chi connectivity index (χ3v) is 5.63. The first kappa shape index (κ1) is 13.6. The molecule has 20 heavy (non-hydrogen) atoms. The minimum atomic E-state index is -0.309. The Labute approximate surface area is 119 Å². The number of benzene rings is 1. The first-order chi connectivity index (χ1) is 9.48. The predicted molar refractivity (Wildman–Crippen MR) is 76.8 cm³/mol. The summed E-state index contributed by atoms with van der Waals surface area (Å²) in [5, 5.41) is 3.02. The van der Waals surface area contributed by atoms with Gasteiger partial charge in [0, 0.05) is 12.1 Å². The molecule has 2 nitrogen and oxygen atoms in total. The zero-order valence-corrected chi connectivity index (χ0v) is 12.2. The molecule has 3 atom stereocenters. The van der Waals surface area contributed by atoms with Crippen LogP contribution >= 0.6 is 0 Å². The van der Waals surface area contributed by atoms with E-state index in [4.69, 9.17) is 0 Å². The number of carbonyl (C=O) groups excluding carboxylic acids is 1. The van der Waals surface area contributed by atoms with Crippen molar-refractivity contribution >= 4 is 5.91 Å². The lowest BCUT2D eigenvalue weighted by Crippen LogP contribution is -2.54. The number of rotatable bonds is 3. The maximum absolute atomic E-state index is 12.8. The smallest absolute Gasteiger partial charge is 0.251 e. The van der Waals surface area contributed by atoms with E-state index < -0.39 is 0 Å². The van der Waals surface area contributed by atoms with Gasteiger partial charge in [0.25, 0.3) is 5.91 Å². The zero-order chi connectivity index (χ0) is 14.3. The third-order valence-electron chi connectivity index (χ3n) is 5.63. The average molecular weight is 275 g/mol. The van der Waals surface area contributed by atoms with Gasteiger partial charge in [0.1, 0.15) is 5.82 Å². The summed E-state index contributed by atoms with van der Waals surface area (Å²) in [7, 11) is 0. The Bertz CT molecular complexity index is 506. The molecular formula is C17H22FNO. The monoisotopic (exact) mass is 275 g/mol. The van der Waals surface area contributed by atoms with Gasteiger partial charge in [-0.2, -0.15) is 0 Å². The standard InChI is InChI=1S/C17H22FNO/c1-17(2)13-6-3-12(15(17)9-13)10-19-16(20)11-4-7-14(18)8-5-11/h4-5,7-8,12-13,15H,3,6,9-10H2,1-2H3,(H,19,20)/t12-,13-,15-/m0/s1. The molecule has 0 unspecified atom stereocenters. The lowest BCUT2D eigenvalue weighted by molar-refractivity contribution is -0.103.